The molecule has 0 aromatic carbocycles. The van der Waals surface area contributed by atoms with Crippen molar-refractivity contribution in [3.05, 3.63) is 0 Å². The van der Waals surface area contributed by atoms with E-state index >= 15 is 0 Å². The minimum absolute atomic E-state index is 0. The Morgan fingerprint density at radius 3 is 2.28 bits per heavy atom. The van der Waals surface area contributed by atoms with Crippen molar-refractivity contribution in [1.29, 1.82) is 0 Å². The van der Waals surface area contributed by atoms with E-state index in [4.69, 9.17) is 0 Å². The number of hydrogen-bond acceptors (Lipinski definition) is 3. The molecular formula is C19H42IN5. The average molecular weight is 467 g/mol. The van der Waals surface area contributed by atoms with Crippen molar-refractivity contribution in [3.63, 3.8) is 0 Å². The minimum atomic E-state index is 0. The van der Waals surface area contributed by atoms with Crippen molar-refractivity contribution < 1.29 is 0 Å². The third-order valence-corrected chi connectivity index (χ3v) is 5.05. The lowest BCUT2D eigenvalue weighted by Gasteiger charge is -2.35. The number of likely N-dealkylation sites (tertiary alicyclic amines) is 1. The smallest absolute Gasteiger partial charge is 0.191 e. The van der Waals surface area contributed by atoms with E-state index in [2.05, 4.69) is 67.0 Å². The lowest BCUT2D eigenvalue weighted by Crippen LogP contribution is -2.48. The topological polar surface area (TPSA) is 42.9 Å². The highest BCUT2D eigenvalue weighted by Gasteiger charge is 2.21. The fourth-order valence-corrected chi connectivity index (χ4v) is 3.61. The maximum Gasteiger partial charge on any atom is 0.191 e. The number of hydrogen-bond donors (Lipinski definition) is 2. The van der Waals surface area contributed by atoms with E-state index in [0.29, 0.717) is 18.1 Å². The van der Waals surface area contributed by atoms with Crippen LogP contribution in [0.3, 0.4) is 0 Å². The van der Waals surface area contributed by atoms with Crippen molar-refractivity contribution in [2.75, 3.05) is 39.8 Å². The summed E-state index contributed by atoms with van der Waals surface area (Å²) in [5, 5.41) is 6.99. The third-order valence-electron chi connectivity index (χ3n) is 5.05. The van der Waals surface area contributed by atoms with Gasteiger partial charge in [-0.1, -0.05) is 0 Å². The van der Waals surface area contributed by atoms with Crippen LogP contribution < -0.4 is 10.6 Å². The predicted octanol–water partition coefficient (Wildman–Crippen LogP) is 3.01. The zero-order valence-electron chi connectivity index (χ0n) is 17.5. The molecule has 1 atom stereocenters. The molecule has 1 heterocycles. The Morgan fingerprint density at radius 1 is 1.12 bits per heavy atom. The van der Waals surface area contributed by atoms with Gasteiger partial charge in [-0.3, -0.25) is 9.89 Å². The maximum atomic E-state index is 4.38. The first kappa shape index (κ1) is 24.9. The first-order valence-corrected chi connectivity index (χ1v) is 9.79. The molecule has 2 N–H and O–H groups in total. The minimum Gasteiger partial charge on any atom is -0.356 e. The molecule has 0 aliphatic carbocycles. The highest BCUT2D eigenvalue weighted by atomic mass is 127. The van der Waals surface area contributed by atoms with Crippen molar-refractivity contribution in [2.24, 2.45) is 10.9 Å². The van der Waals surface area contributed by atoms with Gasteiger partial charge in [0.2, 0.25) is 0 Å². The molecular weight excluding hydrogens is 425 g/mol. The second-order valence-corrected chi connectivity index (χ2v) is 7.90. The number of guanidine groups is 1. The highest BCUT2D eigenvalue weighted by Crippen LogP contribution is 2.17. The van der Waals surface area contributed by atoms with Gasteiger partial charge in [-0.05, 0) is 66.8 Å². The standard InChI is InChI=1S/C19H41N5.HI/c1-15(2)23-11-8-9-18(14-23)13-22-19(20-7)21-10-12-24(16(3)4)17(5)6;/h15-18H,8-14H2,1-7H3,(H2,20,21,22);1H. The lowest BCUT2D eigenvalue weighted by atomic mass is 9.97. The molecule has 1 fully saturated rings. The van der Waals surface area contributed by atoms with Crippen LogP contribution in [0.15, 0.2) is 4.99 Å². The zero-order valence-corrected chi connectivity index (χ0v) is 19.8. The van der Waals surface area contributed by atoms with Gasteiger partial charge in [-0.15, -0.1) is 24.0 Å². The van der Waals surface area contributed by atoms with E-state index < -0.39 is 0 Å². The molecule has 0 amide bonds. The molecule has 0 aromatic rings. The molecule has 25 heavy (non-hydrogen) atoms. The Kier molecular flexibility index (Phi) is 13.1. The van der Waals surface area contributed by atoms with Crippen molar-refractivity contribution in [1.82, 2.24) is 20.4 Å². The molecule has 150 valence electrons. The number of halogens is 1. The number of piperidine rings is 1. The second kappa shape index (κ2) is 13.1. The van der Waals surface area contributed by atoms with Gasteiger partial charge in [0.05, 0.1) is 0 Å². The molecule has 1 rings (SSSR count). The molecule has 0 spiro atoms. The van der Waals surface area contributed by atoms with Gasteiger partial charge < -0.3 is 15.5 Å². The third kappa shape index (κ3) is 9.43. The molecule has 1 aliphatic heterocycles. The Hall–Kier alpha value is -0.0800. The van der Waals surface area contributed by atoms with E-state index in [1.807, 2.05) is 7.05 Å². The lowest BCUT2D eigenvalue weighted by molar-refractivity contribution is 0.141. The summed E-state index contributed by atoms with van der Waals surface area (Å²) in [5.74, 6) is 1.66. The first-order chi connectivity index (χ1) is 11.3. The highest BCUT2D eigenvalue weighted by molar-refractivity contribution is 14.0. The number of aliphatic imine (C=N–C) groups is 1. The largest absolute Gasteiger partial charge is 0.356 e. The maximum absolute atomic E-state index is 4.38. The Labute approximate surface area is 173 Å². The monoisotopic (exact) mass is 467 g/mol. The summed E-state index contributed by atoms with van der Waals surface area (Å²) in [6.07, 6.45) is 2.63. The number of nitrogens with one attached hydrogen (secondary N) is 2. The van der Waals surface area contributed by atoms with Gasteiger partial charge in [-0.2, -0.15) is 0 Å². The summed E-state index contributed by atoms with van der Waals surface area (Å²) in [6.45, 7) is 19.1. The van der Waals surface area contributed by atoms with Gasteiger partial charge >= 0.3 is 0 Å². The summed E-state index contributed by atoms with van der Waals surface area (Å²) < 4.78 is 0. The van der Waals surface area contributed by atoms with Crippen LogP contribution in [0.4, 0.5) is 0 Å². The van der Waals surface area contributed by atoms with E-state index in [1.54, 1.807) is 0 Å². The normalized spacial score (nSPS) is 19.6. The van der Waals surface area contributed by atoms with Crippen LogP contribution in [-0.2, 0) is 0 Å². The quantitative estimate of drug-likeness (QED) is 0.327. The Bertz CT molecular complexity index is 363. The van der Waals surface area contributed by atoms with E-state index in [9.17, 15) is 0 Å². The SMILES string of the molecule is CN=C(NCCN(C(C)C)C(C)C)NCC1CCCN(C(C)C)C1.I. The van der Waals surface area contributed by atoms with Gasteiger partial charge in [0.15, 0.2) is 5.96 Å². The molecule has 0 aromatic heterocycles. The molecule has 1 aliphatic rings. The molecule has 0 bridgehead atoms. The fourth-order valence-electron chi connectivity index (χ4n) is 3.61. The summed E-state index contributed by atoms with van der Waals surface area (Å²) in [5.41, 5.74) is 0. The molecule has 1 saturated heterocycles. The molecule has 0 radical (unpaired) electrons. The summed E-state index contributed by atoms with van der Waals surface area (Å²) >= 11 is 0. The Morgan fingerprint density at radius 2 is 1.76 bits per heavy atom. The fraction of sp³-hybridized carbons (Fsp3) is 0.947. The van der Waals surface area contributed by atoms with E-state index in [-0.39, 0.29) is 24.0 Å². The van der Waals surface area contributed by atoms with E-state index in [1.165, 1.54) is 25.9 Å². The first-order valence-electron chi connectivity index (χ1n) is 9.79. The van der Waals surface area contributed by atoms with Crippen molar-refractivity contribution in [3.8, 4) is 0 Å². The van der Waals surface area contributed by atoms with Crippen LogP contribution in [0, 0.1) is 5.92 Å². The van der Waals surface area contributed by atoms with Crippen LogP contribution in [0.25, 0.3) is 0 Å². The van der Waals surface area contributed by atoms with Crippen LogP contribution in [-0.4, -0.2) is 73.7 Å². The van der Waals surface area contributed by atoms with Gasteiger partial charge in [0.25, 0.3) is 0 Å². The summed E-state index contributed by atoms with van der Waals surface area (Å²) in [7, 11) is 1.86. The van der Waals surface area contributed by atoms with Crippen LogP contribution in [0.1, 0.15) is 54.4 Å². The molecule has 1 unspecified atom stereocenters. The van der Waals surface area contributed by atoms with Crippen LogP contribution >= 0.6 is 24.0 Å². The summed E-state index contributed by atoms with van der Waals surface area (Å²) in [6, 6.07) is 1.81. The summed E-state index contributed by atoms with van der Waals surface area (Å²) in [4.78, 5) is 9.47. The van der Waals surface area contributed by atoms with Gasteiger partial charge in [0.1, 0.15) is 0 Å². The number of nitrogens with zero attached hydrogens (tertiary/aromatic N) is 3. The van der Waals surface area contributed by atoms with Gasteiger partial charge in [-0.25, -0.2) is 0 Å². The zero-order chi connectivity index (χ0) is 18.1. The van der Waals surface area contributed by atoms with Crippen molar-refractivity contribution in [2.45, 2.75) is 72.5 Å². The molecule has 0 saturated carbocycles. The molecule has 6 heteroatoms. The average Bonchev–Trinajstić information content (AvgIpc) is 2.53. The van der Waals surface area contributed by atoms with Crippen LogP contribution in [0.5, 0.6) is 0 Å². The van der Waals surface area contributed by atoms with Crippen LogP contribution in [0.2, 0.25) is 0 Å². The van der Waals surface area contributed by atoms with Crippen molar-refractivity contribution >= 4 is 29.9 Å². The van der Waals surface area contributed by atoms with E-state index in [0.717, 1.165) is 31.5 Å². The number of rotatable bonds is 8. The second-order valence-electron chi connectivity index (χ2n) is 7.90. The van der Waals surface area contributed by atoms with Gasteiger partial charge in [0, 0.05) is 51.4 Å². The molecule has 5 nitrogen and oxygen atoms in total. The predicted molar refractivity (Wildman–Crippen MR) is 121 cm³/mol. The Balaban J connectivity index is 0.00000576.